The van der Waals surface area contributed by atoms with Crippen molar-refractivity contribution in [2.24, 2.45) is 5.14 Å². The van der Waals surface area contributed by atoms with Gasteiger partial charge < -0.3 is 10.4 Å². The Hall–Kier alpha value is -1.15. The summed E-state index contributed by atoms with van der Waals surface area (Å²) in [5.74, 6) is -2.11. The SMILES string of the molecule is NS(=O)(=O)CCCNC(=O)CC(=O)O. The number of carboxylic acids is 1. The van der Waals surface area contributed by atoms with Crippen molar-refractivity contribution in [1.82, 2.24) is 5.32 Å². The number of sulfonamides is 1. The lowest BCUT2D eigenvalue weighted by Crippen LogP contribution is -2.28. The molecule has 0 aromatic heterocycles. The van der Waals surface area contributed by atoms with E-state index in [1.54, 1.807) is 0 Å². The van der Waals surface area contributed by atoms with Crippen LogP contribution in [0.25, 0.3) is 0 Å². The van der Waals surface area contributed by atoms with Gasteiger partial charge in [-0.05, 0) is 6.42 Å². The van der Waals surface area contributed by atoms with Gasteiger partial charge in [-0.25, -0.2) is 13.6 Å². The van der Waals surface area contributed by atoms with Crippen LogP contribution in [-0.2, 0) is 19.6 Å². The van der Waals surface area contributed by atoms with Crippen molar-refractivity contribution in [3.8, 4) is 0 Å². The second-order valence-corrected chi connectivity index (χ2v) is 4.37. The first-order chi connectivity index (χ1) is 6.31. The summed E-state index contributed by atoms with van der Waals surface area (Å²) in [4.78, 5) is 20.7. The highest BCUT2D eigenvalue weighted by molar-refractivity contribution is 7.89. The topological polar surface area (TPSA) is 127 Å². The summed E-state index contributed by atoms with van der Waals surface area (Å²) in [5, 5.41) is 15.1. The van der Waals surface area contributed by atoms with Crippen LogP contribution in [0.3, 0.4) is 0 Å². The van der Waals surface area contributed by atoms with Crippen LogP contribution < -0.4 is 10.5 Å². The normalized spacial score (nSPS) is 10.9. The van der Waals surface area contributed by atoms with E-state index in [2.05, 4.69) is 5.32 Å². The lowest BCUT2D eigenvalue weighted by molar-refractivity contribution is -0.140. The standard InChI is InChI=1S/C6H12N2O5S/c7-14(12,13)3-1-2-8-5(9)4-6(10)11/h1-4H2,(H,8,9)(H,10,11)(H2,7,12,13). The molecule has 0 heterocycles. The molecular formula is C6H12N2O5S. The monoisotopic (exact) mass is 224 g/mol. The lowest BCUT2D eigenvalue weighted by atomic mass is 10.4. The third-order valence-corrected chi connectivity index (χ3v) is 2.10. The lowest BCUT2D eigenvalue weighted by Gasteiger charge is -2.01. The molecule has 0 aromatic rings. The van der Waals surface area contributed by atoms with E-state index in [0.29, 0.717) is 0 Å². The highest BCUT2D eigenvalue weighted by atomic mass is 32.2. The second kappa shape index (κ2) is 5.55. The van der Waals surface area contributed by atoms with Crippen molar-refractivity contribution in [2.45, 2.75) is 12.8 Å². The van der Waals surface area contributed by atoms with E-state index in [1.807, 2.05) is 0 Å². The molecule has 0 fully saturated rings. The molecule has 1 amide bonds. The number of nitrogens with one attached hydrogen (secondary N) is 1. The Morgan fingerprint density at radius 2 is 1.93 bits per heavy atom. The van der Waals surface area contributed by atoms with E-state index in [1.165, 1.54) is 0 Å². The molecule has 0 aliphatic rings. The molecule has 7 nitrogen and oxygen atoms in total. The Morgan fingerprint density at radius 1 is 1.36 bits per heavy atom. The summed E-state index contributed by atoms with van der Waals surface area (Å²) in [5.41, 5.74) is 0. The summed E-state index contributed by atoms with van der Waals surface area (Å²) < 4.78 is 20.8. The Kier molecular flexibility index (Phi) is 5.10. The molecule has 4 N–H and O–H groups in total. The number of rotatable bonds is 6. The fourth-order valence-corrected chi connectivity index (χ4v) is 1.25. The van der Waals surface area contributed by atoms with Gasteiger partial charge in [-0.15, -0.1) is 0 Å². The maximum Gasteiger partial charge on any atom is 0.312 e. The molecule has 0 saturated carbocycles. The molecule has 14 heavy (non-hydrogen) atoms. The van der Waals surface area contributed by atoms with Gasteiger partial charge in [0.2, 0.25) is 15.9 Å². The molecular weight excluding hydrogens is 212 g/mol. The summed E-state index contributed by atoms with van der Waals surface area (Å²) >= 11 is 0. The number of primary sulfonamides is 1. The number of amides is 1. The average Bonchev–Trinajstić information content (AvgIpc) is 1.95. The molecule has 0 bridgehead atoms. The van der Waals surface area contributed by atoms with Gasteiger partial charge in [-0.3, -0.25) is 9.59 Å². The number of carbonyl (C=O) groups is 2. The molecule has 0 aliphatic carbocycles. The fourth-order valence-electron chi connectivity index (χ4n) is 0.701. The third-order valence-electron chi connectivity index (χ3n) is 1.24. The van der Waals surface area contributed by atoms with Crippen LogP contribution in [0.15, 0.2) is 0 Å². The van der Waals surface area contributed by atoms with Gasteiger partial charge in [0.1, 0.15) is 6.42 Å². The van der Waals surface area contributed by atoms with Gasteiger partial charge in [0, 0.05) is 6.54 Å². The van der Waals surface area contributed by atoms with Crippen LogP contribution in [0, 0.1) is 0 Å². The first-order valence-electron chi connectivity index (χ1n) is 3.80. The van der Waals surface area contributed by atoms with Gasteiger partial charge >= 0.3 is 5.97 Å². The maximum atomic E-state index is 10.7. The van der Waals surface area contributed by atoms with Crippen LogP contribution in [0.5, 0.6) is 0 Å². The third kappa shape index (κ3) is 8.94. The van der Waals surface area contributed by atoms with Crippen LogP contribution in [0.1, 0.15) is 12.8 Å². The molecule has 0 rings (SSSR count). The smallest absolute Gasteiger partial charge is 0.312 e. The quantitative estimate of drug-likeness (QED) is 0.364. The van der Waals surface area contributed by atoms with E-state index in [9.17, 15) is 18.0 Å². The summed E-state index contributed by atoms with van der Waals surface area (Å²) in [6.45, 7) is 0.0997. The number of hydrogen-bond donors (Lipinski definition) is 3. The predicted molar refractivity (Wildman–Crippen MR) is 47.9 cm³/mol. The Labute approximate surface area is 81.3 Å². The minimum absolute atomic E-state index is 0.0997. The van der Waals surface area contributed by atoms with Crippen molar-refractivity contribution in [3.63, 3.8) is 0 Å². The molecule has 0 unspecified atom stereocenters. The summed E-state index contributed by atoms with van der Waals surface area (Å²) in [7, 11) is -3.51. The van der Waals surface area contributed by atoms with Crippen molar-refractivity contribution in [2.75, 3.05) is 12.3 Å². The molecule has 0 spiro atoms. The molecule has 0 radical (unpaired) electrons. The fraction of sp³-hybridized carbons (Fsp3) is 0.667. The van der Waals surface area contributed by atoms with Gasteiger partial charge in [-0.2, -0.15) is 0 Å². The molecule has 0 atom stereocenters. The highest BCUT2D eigenvalue weighted by Crippen LogP contribution is 1.85. The molecule has 8 heteroatoms. The van der Waals surface area contributed by atoms with E-state index in [-0.39, 0.29) is 18.7 Å². The zero-order valence-electron chi connectivity index (χ0n) is 7.39. The van der Waals surface area contributed by atoms with Crippen LogP contribution in [0.2, 0.25) is 0 Å². The number of hydrogen-bond acceptors (Lipinski definition) is 4. The Morgan fingerprint density at radius 3 is 2.36 bits per heavy atom. The Balaban J connectivity index is 3.56. The van der Waals surface area contributed by atoms with E-state index < -0.39 is 28.3 Å². The van der Waals surface area contributed by atoms with Crippen molar-refractivity contribution in [3.05, 3.63) is 0 Å². The van der Waals surface area contributed by atoms with Crippen molar-refractivity contribution in [1.29, 1.82) is 0 Å². The Bertz CT molecular complexity index is 310. The van der Waals surface area contributed by atoms with E-state index >= 15 is 0 Å². The number of carbonyl (C=O) groups excluding carboxylic acids is 1. The first-order valence-corrected chi connectivity index (χ1v) is 5.52. The highest BCUT2D eigenvalue weighted by Gasteiger charge is 2.07. The second-order valence-electron chi connectivity index (χ2n) is 2.64. The minimum Gasteiger partial charge on any atom is -0.481 e. The maximum absolute atomic E-state index is 10.7. The van der Waals surface area contributed by atoms with Crippen molar-refractivity contribution < 1.29 is 23.1 Å². The van der Waals surface area contributed by atoms with Crippen LogP contribution >= 0.6 is 0 Å². The van der Waals surface area contributed by atoms with Crippen LogP contribution in [-0.4, -0.2) is 37.7 Å². The molecule has 0 aromatic carbocycles. The molecule has 0 saturated heterocycles. The average molecular weight is 224 g/mol. The first kappa shape index (κ1) is 12.8. The van der Waals surface area contributed by atoms with Gasteiger partial charge in [0.15, 0.2) is 0 Å². The number of carboxylic acid groups (broad SMARTS) is 1. The van der Waals surface area contributed by atoms with Crippen molar-refractivity contribution >= 4 is 21.9 Å². The molecule has 82 valence electrons. The van der Waals surface area contributed by atoms with E-state index in [0.717, 1.165) is 0 Å². The number of aliphatic carboxylic acids is 1. The van der Waals surface area contributed by atoms with Gasteiger partial charge in [0.05, 0.1) is 5.75 Å². The summed E-state index contributed by atoms with van der Waals surface area (Å²) in [6.07, 6.45) is -0.445. The van der Waals surface area contributed by atoms with Gasteiger partial charge in [-0.1, -0.05) is 0 Å². The summed E-state index contributed by atoms with van der Waals surface area (Å²) in [6, 6.07) is 0. The van der Waals surface area contributed by atoms with Gasteiger partial charge in [0.25, 0.3) is 0 Å². The predicted octanol–water partition coefficient (Wildman–Crippen LogP) is -1.74. The van der Waals surface area contributed by atoms with E-state index in [4.69, 9.17) is 10.2 Å². The zero-order valence-corrected chi connectivity index (χ0v) is 8.21. The minimum atomic E-state index is -3.51. The largest absolute Gasteiger partial charge is 0.481 e. The number of nitrogens with two attached hydrogens (primary N) is 1. The zero-order chi connectivity index (χ0) is 11.2. The molecule has 0 aliphatic heterocycles. The van der Waals surface area contributed by atoms with Crippen LogP contribution in [0.4, 0.5) is 0 Å².